The van der Waals surface area contributed by atoms with Gasteiger partial charge in [-0.3, -0.25) is 4.90 Å². The average molecular weight is 363 g/mol. The predicted octanol–water partition coefficient (Wildman–Crippen LogP) is 4.38. The molecule has 0 saturated carbocycles. The third kappa shape index (κ3) is 6.15. The second-order valence-corrected chi connectivity index (χ2v) is 6.29. The maximum absolute atomic E-state index is 9.80. The number of rotatable bonds is 6. The molecule has 134 valence electrons. The molecule has 1 fully saturated rings. The van der Waals surface area contributed by atoms with Crippen LogP contribution in [0.5, 0.6) is 5.75 Å². The summed E-state index contributed by atoms with van der Waals surface area (Å²) in [6.45, 7) is 10.9. The van der Waals surface area contributed by atoms with Crippen LogP contribution in [0.15, 0.2) is 12.1 Å². The molecule has 0 spiro atoms. The van der Waals surface area contributed by atoms with E-state index in [-0.39, 0.29) is 24.8 Å². The first-order valence-electron chi connectivity index (χ1n) is 8.38. The van der Waals surface area contributed by atoms with Gasteiger partial charge in [-0.25, -0.2) is 0 Å². The number of hydrogen-bond donors (Lipinski definition) is 2. The van der Waals surface area contributed by atoms with Gasteiger partial charge in [0.1, 0.15) is 5.75 Å². The minimum atomic E-state index is 0. The van der Waals surface area contributed by atoms with Crippen LogP contribution in [0.25, 0.3) is 0 Å². The Morgan fingerprint density at radius 2 is 1.65 bits per heavy atom. The lowest BCUT2D eigenvalue weighted by Gasteiger charge is -2.37. The van der Waals surface area contributed by atoms with E-state index in [1.807, 2.05) is 12.1 Å². The number of unbranched alkanes of at least 4 members (excludes halogenated alkanes) is 2. The summed E-state index contributed by atoms with van der Waals surface area (Å²) < 4.78 is 0. The number of phenolic OH excluding ortho intramolecular Hbond substituents is 1. The van der Waals surface area contributed by atoms with Gasteiger partial charge in [-0.2, -0.15) is 0 Å². The molecule has 0 aliphatic carbocycles. The first kappa shape index (κ1) is 22.5. The standard InChI is InChI=1S/C18H30N2O.2ClH/c1-4-5-6-7-17(20-10-8-19-9-11-20)18-14(2)12-16(21)13-15(18)3;;/h12-13,17,19,21H,4-11H2,1-3H3;2*1H/t17-;;/m1../s1. The number of phenols is 1. The lowest BCUT2D eigenvalue weighted by atomic mass is 9.90. The molecule has 1 aliphatic rings. The van der Waals surface area contributed by atoms with Crippen molar-refractivity contribution >= 4 is 24.8 Å². The van der Waals surface area contributed by atoms with Crippen molar-refractivity contribution in [2.75, 3.05) is 26.2 Å². The fraction of sp³-hybridized carbons (Fsp3) is 0.667. The van der Waals surface area contributed by atoms with Crippen LogP contribution in [-0.4, -0.2) is 36.2 Å². The lowest BCUT2D eigenvalue weighted by Crippen LogP contribution is -2.45. The number of nitrogens with zero attached hydrogens (tertiary/aromatic N) is 1. The summed E-state index contributed by atoms with van der Waals surface area (Å²) in [5.74, 6) is 0.390. The maximum atomic E-state index is 9.80. The molecule has 2 N–H and O–H groups in total. The van der Waals surface area contributed by atoms with Gasteiger partial charge in [0.25, 0.3) is 0 Å². The zero-order valence-electron chi connectivity index (χ0n) is 14.6. The Bertz CT molecular complexity index is 439. The van der Waals surface area contributed by atoms with Crippen LogP contribution in [0.2, 0.25) is 0 Å². The zero-order chi connectivity index (χ0) is 15.2. The van der Waals surface area contributed by atoms with E-state index in [2.05, 4.69) is 31.0 Å². The highest BCUT2D eigenvalue weighted by Gasteiger charge is 2.24. The summed E-state index contributed by atoms with van der Waals surface area (Å²) in [5.41, 5.74) is 3.89. The Balaban J connectivity index is 0.00000242. The van der Waals surface area contributed by atoms with Gasteiger partial charge in [0.05, 0.1) is 0 Å². The molecule has 1 aromatic rings. The van der Waals surface area contributed by atoms with E-state index >= 15 is 0 Å². The number of halogens is 2. The quantitative estimate of drug-likeness (QED) is 0.737. The summed E-state index contributed by atoms with van der Waals surface area (Å²) in [5, 5.41) is 13.2. The van der Waals surface area contributed by atoms with Crippen molar-refractivity contribution in [1.82, 2.24) is 10.2 Å². The van der Waals surface area contributed by atoms with Gasteiger partial charge in [-0.1, -0.05) is 26.2 Å². The number of benzene rings is 1. The molecule has 1 atom stereocenters. The molecule has 0 unspecified atom stereocenters. The smallest absolute Gasteiger partial charge is 0.116 e. The van der Waals surface area contributed by atoms with Crippen LogP contribution < -0.4 is 5.32 Å². The van der Waals surface area contributed by atoms with Crippen LogP contribution in [0.4, 0.5) is 0 Å². The molecular formula is C18H32Cl2N2O. The summed E-state index contributed by atoms with van der Waals surface area (Å²) in [7, 11) is 0. The van der Waals surface area contributed by atoms with Gasteiger partial charge >= 0.3 is 0 Å². The van der Waals surface area contributed by atoms with Crippen LogP contribution in [0.3, 0.4) is 0 Å². The molecule has 0 aromatic heterocycles. The number of piperazine rings is 1. The predicted molar refractivity (Wildman–Crippen MR) is 103 cm³/mol. The molecule has 1 aliphatic heterocycles. The highest BCUT2D eigenvalue weighted by molar-refractivity contribution is 5.85. The van der Waals surface area contributed by atoms with Crippen LogP contribution >= 0.6 is 24.8 Å². The van der Waals surface area contributed by atoms with Crippen molar-refractivity contribution in [3.8, 4) is 5.75 Å². The zero-order valence-corrected chi connectivity index (χ0v) is 16.2. The van der Waals surface area contributed by atoms with E-state index in [0.29, 0.717) is 11.8 Å². The molecule has 3 nitrogen and oxygen atoms in total. The third-order valence-electron chi connectivity index (χ3n) is 4.59. The normalized spacial score (nSPS) is 16.3. The fourth-order valence-corrected chi connectivity index (χ4v) is 3.57. The second kappa shape index (κ2) is 11.1. The Morgan fingerprint density at radius 3 is 2.17 bits per heavy atom. The van der Waals surface area contributed by atoms with Crippen molar-refractivity contribution in [3.05, 3.63) is 28.8 Å². The van der Waals surface area contributed by atoms with Crippen molar-refractivity contribution in [1.29, 1.82) is 0 Å². The Hall–Kier alpha value is -0.480. The topological polar surface area (TPSA) is 35.5 Å². The Kier molecular flexibility index (Phi) is 10.9. The lowest BCUT2D eigenvalue weighted by molar-refractivity contribution is 0.161. The first-order valence-corrected chi connectivity index (χ1v) is 8.38. The van der Waals surface area contributed by atoms with Crippen molar-refractivity contribution < 1.29 is 5.11 Å². The summed E-state index contributed by atoms with van der Waals surface area (Å²) in [6.07, 6.45) is 5.08. The van der Waals surface area contributed by atoms with Gasteiger partial charge in [-0.15, -0.1) is 24.8 Å². The minimum absolute atomic E-state index is 0. The van der Waals surface area contributed by atoms with Crippen LogP contribution in [0.1, 0.15) is 55.3 Å². The maximum Gasteiger partial charge on any atom is 0.116 e. The molecule has 23 heavy (non-hydrogen) atoms. The van der Waals surface area contributed by atoms with E-state index in [1.54, 1.807) is 0 Å². The summed E-state index contributed by atoms with van der Waals surface area (Å²) >= 11 is 0. The largest absolute Gasteiger partial charge is 0.508 e. The molecule has 0 radical (unpaired) electrons. The third-order valence-corrected chi connectivity index (χ3v) is 4.59. The van der Waals surface area contributed by atoms with Gasteiger partial charge in [0, 0.05) is 32.2 Å². The highest BCUT2D eigenvalue weighted by atomic mass is 35.5. The highest BCUT2D eigenvalue weighted by Crippen LogP contribution is 2.33. The van der Waals surface area contributed by atoms with E-state index in [4.69, 9.17) is 0 Å². The van der Waals surface area contributed by atoms with E-state index in [0.717, 1.165) is 26.2 Å². The summed E-state index contributed by atoms with van der Waals surface area (Å²) in [4.78, 5) is 2.62. The monoisotopic (exact) mass is 362 g/mol. The van der Waals surface area contributed by atoms with Crippen LogP contribution in [-0.2, 0) is 0 Å². The van der Waals surface area contributed by atoms with Crippen LogP contribution in [0, 0.1) is 13.8 Å². The Morgan fingerprint density at radius 1 is 1.09 bits per heavy atom. The number of nitrogens with one attached hydrogen (secondary N) is 1. The summed E-state index contributed by atoms with van der Waals surface area (Å²) in [6, 6.07) is 4.33. The van der Waals surface area contributed by atoms with Crippen molar-refractivity contribution in [3.63, 3.8) is 0 Å². The first-order chi connectivity index (χ1) is 10.1. The molecule has 2 rings (SSSR count). The van der Waals surface area contributed by atoms with E-state index in [1.165, 1.54) is 42.4 Å². The molecule has 1 aromatic carbocycles. The molecule has 1 heterocycles. The number of aryl methyl sites for hydroxylation is 2. The average Bonchev–Trinajstić information content (AvgIpc) is 2.45. The van der Waals surface area contributed by atoms with Crippen molar-refractivity contribution in [2.45, 2.75) is 52.5 Å². The fourth-order valence-electron chi connectivity index (χ4n) is 3.57. The number of hydrogen-bond acceptors (Lipinski definition) is 3. The minimum Gasteiger partial charge on any atom is -0.508 e. The molecular weight excluding hydrogens is 331 g/mol. The Labute approximate surface area is 153 Å². The molecule has 0 amide bonds. The molecule has 0 bridgehead atoms. The number of aromatic hydroxyl groups is 1. The van der Waals surface area contributed by atoms with E-state index < -0.39 is 0 Å². The van der Waals surface area contributed by atoms with E-state index in [9.17, 15) is 5.11 Å². The van der Waals surface area contributed by atoms with Gasteiger partial charge in [0.15, 0.2) is 0 Å². The SMILES string of the molecule is CCCCC[C@H](c1c(C)cc(O)cc1C)N1CCNCC1.Cl.Cl. The van der Waals surface area contributed by atoms with Gasteiger partial charge in [-0.05, 0) is 49.1 Å². The van der Waals surface area contributed by atoms with Gasteiger partial charge < -0.3 is 10.4 Å². The van der Waals surface area contributed by atoms with Gasteiger partial charge in [0.2, 0.25) is 0 Å². The van der Waals surface area contributed by atoms with Crippen molar-refractivity contribution in [2.24, 2.45) is 0 Å². The molecule has 5 heteroatoms. The molecule has 1 saturated heterocycles. The second-order valence-electron chi connectivity index (χ2n) is 6.29.